The highest BCUT2D eigenvalue weighted by Crippen LogP contribution is 2.38. The fourth-order valence-electron chi connectivity index (χ4n) is 2.31. The number of aromatic amines is 1. The molecule has 1 saturated heterocycles. The number of pyridine rings is 1. The third-order valence-electron chi connectivity index (χ3n) is 3.39. The average molecular weight is 348 g/mol. The summed E-state index contributed by atoms with van der Waals surface area (Å²) in [5.41, 5.74) is 1.55. The van der Waals surface area contributed by atoms with Gasteiger partial charge >= 0.3 is 6.18 Å². The van der Waals surface area contributed by atoms with Gasteiger partial charge in [-0.3, -0.25) is 10.1 Å². The van der Waals surface area contributed by atoms with Crippen molar-refractivity contribution in [2.24, 2.45) is 0 Å². The SMILES string of the molecule is Cc1cc(-c2cc(OCC(F)(F)F)c(N3CC(F)(F)C3)cn2)n[nH]1. The van der Waals surface area contributed by atoms with Gasteiger partial charge in [-0.15, -0.1) is 0 Å². The van der Waals surface area contributed by atoms with E-state index < -0.39 is 31.8 Å². The maximum atomic E-state index is 13.0. The molecule has 10 heteroatoms. The lowest BCUT2D eigenvalue weighted by Crippen LogP contribution is -2.56. The molecule has 0 bridgehead atoms. The van der Waals surface area contributed by atoms with Crippen LogP contribution in [0.3, 0.4) is 0 Å². The van der Waals surface area contributed by atoms with Crippen LogP contribution in [0.5, 0.6) is 5.75 Å². The second kappa shape index (κ2) is 5.60. The van der Waals surface area contributed by atoms with E-state index in [0.717, 1.165) is 5.69 Å². The third-order valence-corrected chi connectivity index (χ3v) is 3.39. The number of nitrogens with zero attached hydrogens (tertiary/aromatic N) is 3. The van der Waals surface area contributed by atoms with Gasteiger partial charge in [-0.05, 0) is 13.0 Å². The quantitative estimate of drug-likeness (QED) is 0.863. The molecule has 130 valence electrons. The number of rotatable bonds is 4. The van der Waals surface area contributed by atoms with Crippen molar-refractivity contribution in [2.75, 3.05) is 24.6 Å². The zero-order valence-corrected chi connectivity index (χ0v) is 12.5. The molecule has 0 spiro atoms. The highest BCUT2D eigenvalue weighted by Gasteiger charge is 2.45. The van der Waals surface area contributed by atoms with Crippen LogP contribution in [0, 0.1) is 6.92 Å². The Kier molecular flexibility index (Phi) is 3.84. The van der Waals surface area contributed by atoms with E-state index in [1.54, 1.807) is 13.0 Å². The van der Waals surface area contributed by atoms with Crippen molar-refractivity contribution in [1.29, 1.82) is 0 Å². The molecule has 2 aromatic rings. The van der Waals surface area contributed by atoms with Gasteiger partial charge in [-0.25, -0.2) is 8.78 Å². The minimum atomic E-state index is -4.54. The lowest BCUT2D eigenvalue weighted by molar-refractivity contribution is -0.153. The first kappa shape index (κ1) is 16.5. The fraction of sp³-hybridized carbons (Fsp3) is 0.429. The number of nitrogens with one attached hydrogen (secondary N) is 1. The molecule has 3 heterocycles. The number of H-pyrrole nitrogens is 1. The van der Waals surface area contributed by atoms with E-state index >= 15 is 0 Å². The predicted molar refractivity (Wildman–Crippen MR) is 75.3 cm³/mol. The van der Waals surface area contributed by atoms with E-state index in [4.69, 9.17) is 4.74 Å². The van der Waals surface area contributed by atoms with Crippen molar-refractivity contribution in [3.05, 3.63) is 24.0 Å². The maximum Gasteiger partial charge on any atom is 0.422 e. The summed E-state index contributed by atoms with van der Waals surface area (Å²) in [6.07, 6.45) is -3.32. The predicted octanol–water partition coefficient (Wildman–Crippen LogP) is 3.18. The molecule has 0 unspecified atom stereocenters. The van der Waals surface area contributed by atoms with Crippen LogP contribution in [0.1, 0.15) is 5.69 Å². The standard InChI is InChI=1S/C14H13F5N4O/c1-8-2-10(22-21-8)9-3-12(24-7-14(17,18)19)11(4-20-9)23-5-13(15,16)6-23/h2-4H,5-7H2,1H3,(H,21,22). The zero-order chi connectivity index (χ0) is 17.5. The van der Waals surface area contributed by atoms with Crippen molar-refractivity contribution < 1.29 is 26.7 Å². The Morgan fingerprint density at radius 3 is 2.50 bits per heavy atom. The molecular weight excluding hydrogens is 335 g/mol. The first-order valence-electron chi connectivity index (χ1n) is 6.98. The van der Waals surface area contributed by atoms with Gasteiger partial charge in [0.15, 0.2) is 6.61 Å². The van der Waals surface area contributed by atoms with Gasteiger partial charge in [0.25, 0.3) is 5.92 Å². The zero-order valence-electron chi connectivity index (χ0n) is 12.5. The number of halogens is 5. The summed E-state index contributed by atoms with van der Waals surface area (Å²) in [6, 6.07) is 2.93. The van der Waals surface area contributed by atoms with Gasteiger partial charge in [0.1, 0.15) is 11.4 Å². The molecular formula is C14H13F5N4O. The summed E-state index contributed by atoms with van der Waals surface area (Å²) in [7, 11) is 0. The number of aryl methyl sites for hydroxylation is 1. The average Bonchev–Trinajstić information content (AvgIpc) is 2.88. The molecule has 5 nitrogen and oxygen atoms in total. The van der Waals surface area contributed by atoms with E-state index in [9.17, 15) is 22.0 Å². The third kappa shape index (κ3) is 3.57. The van der Waals surface area contributed by atoms with Crippen molar-refractivity contribution in [3.8, 4) is 17.1 Å². The van der Waals surface area contributed by atoms with E-state index in [1.807, 2.05) is 0 Å². The Bertz CT molecular complexity index is 735. The Balaban J connectivity index is 1.90. The minimum absolute atomic E-state index is 0.0983. The van der Waals surface area contributed by atoms with Crippen LogP contribution in [0.25, 0.3) is 11.4 Å². The van der Waals surface area contributed by atoms with E-state index in [0.29, 0.717) is 5.69 Å². The van der Waals surface area contributed by atoms with Crippen LogP contribution in [0.15, 0.2) is 18.3 Å². The molecule has 1 aliphatic rings. The summed E-state index contributed by atoms with van der Waals surface area (Å²) in [6.45, 7) is -0.933. The van der Waals surface area contributed by atoms with Gasteiger partial charge in [0, 0.05) is 11.8 Å². The summed E-state index contributed by atoms with van der Waals surface area (Å²) < 4.78 is 68.2. The topological polar surface area (TPSA) is 54.0 Å². The van der Waals surface area contributed by atoms with Crippen LogP contribution in [0.4, 0.5) is 27.6 Å². The summed E-state index contributed by atoms with van der Waals surface area (Å²) >= 11 is 0. The van der Waals surface area contributed by atoms with Crippen LogP contribution in [-0.4, -0.2) is 47.0 Å². The largest absolute Gasteiger partial charge is 0.482 e. The molecule has 0 radical (unpaired) electrons. The van der Waals surface area contributed by atoms with Crippen LogP contribution in [0.2, 0.25) is 0 Å². The highest BCUT2D eigenvalue weighted by molar-refractivity contribution is 5.66. The molecule has 3 rings (SSSR count). The first-order chi connectivity index (χ1) is 11.1. The van der Waals surface area contributed by atoms with E-state index in [-0.39, 0.29) is 17.1 Å². The van der Waals surface area contributed by atoms with Crippen LogP contribution >= 0.6 is 0 Å². The Morgan fingerprint density at radius 2 is 1.96 bits per heavy atom. The molecule has 24 heavy (non-hydrogen) atoms. The normalized spacial score (nSPS) is 16.8. The van der Waals surface area contributed by atoms with Gasteiger partial charge in [-0.1, -0.05) is 0 Å². The van der Waals surface area contributed by atoms with Crippen LogP contribution in [-0.2, 0) is 0 Å². The number of ether oxygens (including phenoxy) is 1. The van der Waals surface area contributed by atoms with Crippen molar-refractivity contribution in [1.82, 2.24) is 15.2 Å². The van der Waals surface area contributed by atoms with Gasteiger partial charge in [0.05, 0.1) is 30.7 Å². The lowest BCUT2D eigenvalue weighted by atomic mass is 10.1. The molecule has 0 amide bonds. The second-order valence-electron chi connectivity index (χ2n) is 5.59. The number of aromatic nitrogens is 3. The van der Waals surface area contributed by atoms with Crippen molar-refractivity contribution >= 4 is 5.69 Å². The number of hydrogen-bond donors (Lipinski definition) is 1. The molecule has 2 aromatic heterocycles. The minimum Gasteiger partial charge on any atom is -0.482 e. The molecule has 0 aliphatic carbocycles. The molecule has 0 saturated carbocycles. The maximum absolute atomic E-state index is 13.0. The lowest BCUT2D eigenvalue weighted by Gasteiger charge is -2.40. The summed E-state index contributed by atoms with van der Waals surface area (Å²) in [5.74, 6) is -3.02. The molecule has 1 fully saturated rings. The van der Waals surface area contributed by atoms with E-state index in [2.05, 4.69) is 15.2 Å². The molecule has 0 atom stereocenters. The Morgan fingerprint density at radius 1 is 1.25 bits per heavy atom. The monoisotopic (exact) mass is 348 g/mol. The summed E-state index contributed by atoms with van der Waals surface area (Å²) in [4.78, 5) is 5.31. The highest BCUT2D eigenvalue weighted by atomic mass is 19.4. The van der Waals surface area contributed by atoms with Crippen molar-refractivity contribution in [2.45, 2.75) is 19.0 Å². The van der Waals surface area contributed by atoms with Crippen LogP contribution < -0.4 is 9.64 Å². The smallest absolute Gasteiger partial charge is 0.422 e. The molecule has 0 aromatic carbocycles. The Labute approximate surface area is 133 Å². The second-order valence-corrected chi connectivity index (χ2v) is 5.59. The van der Waals surface area contributed by atoms with Gasteiger partial charge in [-0.2, -0.15) is 18.3 Å². The number of hydrogen-bond acceptors (Lipinski definition) is 4. The first-order valence-corrected chi connectivity index (χ1v) is 6.98. The number of alkyl halides is 5. The van der Waals surface area contributed by atoms with E-state index in [1.165, 1.54) is 17.2 Å². The van der Waals surface area contributed by atoms with Gasteiger partial charge in [0.2, 0.25) is 0 Å². The van der Waals surface area contributed by atoms with Crippen molar-refractivity contribution in [3.63, 3.8) is 0 Å². The fourth-order valence-corrected chi connectivity index (χ4v) is 2.31. The van der Waals surface area contributed by atoms with Gasteiger partial charge < -0.3 is 9.64 Å². The molecule has 1 aliphatic heterocycles. The number of anilines is 1. The Hall–Kier alpha value is -2.39. The summed E-state index contributed by atoms with van der Waals surface area (Å²) in [5, 5.41) is 6.66. The molecule has 1 N–H and O–H groups in total.